The molecule has 3 rings (SSSR count). The third-order valence-corrected chi connectivity index (χ3v) is 5.56. The number of allylic oxidation sites excluding steroid dienone is 1. The van der Waals surface area contributed by atoms with E-state index in [-0.39, 0.29) is 11.9 Å². The van der Waals surface area contributed by atoms with Crippen molar-refractivity contribution in [2.24, 2.45) is 0 Å². The van der Waals surface area contributed by atoms with Crippen molar-refractivity contribution in [3.8, 4) is 0 Å². The summed E-state index contributed by atoms with van der Waals surface area (Å²) < 4.78 is 0.959. The number of hydrogen-bond donors (Lipinski definition) is 1. The van der Waals surface area contributed by atoms with Crippen LogP contribution in [0.3, 0.4) is 0 Å². The minimum atomic E-state index is -0.239. The van der Waals surface area contributed by atoms with Crippen LogP contribution in [0.2, 0.25) is 0 Å². The van der Waals surface area contributed by atoms with Crippen molar-refractivity contribution in [1.82, 2.24) is 10.2 Å². The summed E-state index contributed by atoms with van der Waals surface area (Å²) in [4.78, 5) is 16.4. The third kappa shape index (κ3) is 3.49. The first-order valence-corrected chi connectivity index (χ1v) is 9.85. The van der Waals surface area contributed by atoms with Crippen LogP contribution < -0.4 is 10.2 Å². The Morgan fingerprint density at radius 2 is 2.12 bits per heavy atom. The largest absolute Gasteiger partial charge is 0.351 e. The van der Waals surface area contributed by atoms with E-state index in [2.05, 4.69) is 21.2 Å². The van der Waals surface area contributed by atoms with E-state index in [1.165, 1.54) is 0 Å². The molecule has 1 amide bonds. The molecule has 7 heteroatoms. The smallest absolute Gasteiger partial charge is 0.253 e. The van der Waals surface area contributed by atoms with E-state index >= 15 is 0 Å². The van der Waals surface area contributed by atoms with E-state index in [4.69, 9.17) is 12.2 Å². The van der Waals surface area contributed by atoms with Gasteiger partial charge in [-0.25, -0.2) is 0 Å². The number of carbonyl (C=O) groups is 1. The van der Waals surface area contributed by atoms with E-state index in [0.717, 1.165) is 21.4 Å². The second-order valence-corrected chi connectivity index (χ2v) is 8.04. The second kappa shape index (κ2) is 7.27. The van der Waals surface area contributed by atoms with E-state index < -0.39 is 0 Å². The number of likely N-dealkylation sites (N-methyl/N-ethyl adjacent to an activating group) is 1. The monoisotopic (exact) mass is 435 g/mol. The highest BCUT2D eigenvalue weighted by Crippen LogP contribution is 2.35. The Morgan fingerprint density at radius 1 is 1.36 bits per heavy atom. The Morgan fingerprint density at radius 3 is 2.72 bits per heavy atom. The maximum Gasteiger partial charge on any atom is 0.253 e. The highest BCUT2D eigenvalue weighted by atomic mass is 79.9. The van der Waals surface area contributed by atoms with Crippen LogP contribution in [0.4, 0.5) is 5.69 Å². The van der Waals surface area contributed by atoms with Crippen LogP contribution in [0.5, 0.6) is 0 Å². The quantitative estimate of drug-likeness (QED) is 0.728. The van der Waals surface area contributed by atoms with Gasteiger partial charge in [0.1, 0.15) is 0 Å². The number of thiocarbonyl (C=S) groups is 1. The van der Waals surface area contributed by atoms with Crippen molar-refractivity contribution in [1.29, 1.82) is 0 Å². The average molecular weight is 436 g/mol. The van der Waals surface area contributed by atoms with Crippen LogP contribution >= 0.6 is 39.5 Å². The van der Waals surface area contributed by atoms with Crippen LogP contribution in [0.15, 0.2) is 56.8 Å². The predicted molar refractivity (Wildman–Crippen MR) is 111 cm³/mol. The number of nitrogens with one attached hydrogen (secondary N) is 1. The first-order chi connectivity index (χ1) is 11.9. The van der Waals surface area contributed by atoms with Crippen LogP contribution in [0.25, 0.3) is 0 Å². The highest BCUT2D eigenvalue weighted by Gasteiger charge is 2.35. The molecule has 0 radical (unpaired) electrons. The fraction of sp³-hybridized carbons (Fsp3) is 0.222. The Bertz CT molecular complexity index is 846. The van der Waals surface area contributed by atoms with Gasteiger partial charge in [0.05, 0.1) is 11.6 Å². The van der Waals surface area contributed by atoms with Gasteiger partial charge in [0.25, 0.3) is 5.91 Å². The first kappa shape index (κ1) is 18.1. The summed E-state index contributed by atoms with van der Waals surface area (Å²) in [5.41, 5.74) is 3.51. The average Bonchev–Trinajstić information content (AvgIpc) is 3.08. The number of hydrogen-bond acceptors (Lipinski definition) is 3. The molecule has 130 valence electrons. The summed E-state index contributed by atoms with van der Waals surface area (Å²) in [5, 5.41) is 7.99. The van der Waals surface area contributed by atoms with E-state index in [9.17, 15) is 4.79 Å². The van der Waals surface area contributed by atoms with Gasteiger partial charge in [-0.1, -0.05) is 22.0 Å². The fourth-order valence-electron chi connectivity index (χ4n) is 2.88. The molecule has 0 spiro atoms. The maximum absolute atomic E-state index is 12.9. The van der Waals surface area contributed by atoms with Crippen LogP contribution in [-0.2, 0) is 4.79 Å². The number of anilines is 1. The van der Waals surface area contributed by atoms with Crippen molar-refractivity contribution < 1.29 is 4.79 Å². The van der Waals surface area contributed by atoms with Crippen molar-refractivity contribution in [3.63, 3.8) is 0 Å². The minimum Gasteiger partial charge on any atom is -0.351 e. The number of halogens is 1. The topological polar surface area (TPSA) is 35.6 Å². The van der Waals surface area contributed by atoms with Gasteiger partial charge in [-0.2, -0.15) is 11.3 Å². The van der Waals surface area contributed by atoms with Crippen LogP contribution in [-0.4, -0.2) is 30.0 Å². The van der Waals surface area contributed by atoms with Crippen LogP contribution in [0, 0.1) is 0 Å². The Labute approximate surface area is 165 Å². The van der Waals surface area contributed by atoms with Gasteiger partial charge in [-0.05, 0) is 59.7 Å². The standard InChI is InChI=1S/C18H18BrN3OS2/c1-11-15(17(23)21(2)3)16(12-7-8-25-10-12)20-18(24)22(11)14-6-4-5-13(19)9-14/h4-10,16H,1-3H3,(H,20,24). The normalized spacial score (nSPS) is 17.5. The number of nitrogens with zero attached hydrogens (tertiary/aromatic N) is 2. The van der Waals surface area contributed by atoms with E-state index in [1.54, 1.807) is 30.3 Å². The third-order valence-electron chi connectivity index (χ3n) is 4.06. The van der Waals surface area contributed by atoms with Gasteiger partial charge in [0.2, 0.25) is 0 Å². The molecule has 1 unspecified atom stereocenters. The zero-order valence-electron chi connectivity index (χ0n) is 14.1. The van der Waals surface area contributed by atoms with Crippen molar-refractivity contribution in [2.75, 3.05) is 19.0 Å². The summed E-state index contributed by atoms with van der Waals surface area (Å²) in [7, 11) is 3.54. The predicted octanol–water partition coefficient (Wildman–Crippen LogP) is 4.31. The Balaban J connectivity index is 2.16. The molecule has 0 fully saturated rings. The first-order valence-electron chi connectivity index (χ1n) is 7.71. The number of amides is 1. The molecule has 1 atom stereocenters. The molecule has 25 heavy (non-hydrogen) atoms. The molecule has 1 aromatic carbocycles. The molecule has 0 aliphatic carbocycles. The summed E-state index contributed by atoms with van der Waals surface area (Å²) in [6.07, 6.45) is 0. The van der Waals surface area contributed by atoms with Gasteiger partial charge in [0, 0.05) is 30.0 Å². The fourth-order valence-corrected chi connectivity index (χ4v) is 4.31. The molecule has 1 aliphatic heterocycles. The summed E-state index contributed by atoms with van der Waals surface area (Å²) in [6, 6.07) is 9.66. The molecule has 2 aromatic rings. The Kier molecular flexibility index (Phi) is 5.27. The van der Waals surface area contributed by atoms with Crippen molar-refractivity contribution >= 4 is 56.2 Å². The van der Waals surface area contributed by atoms with Crippen molar-refractivity contribution in [2.45, 2.75) is 13.0 Å². The molecule has 2 heterocycles. The summed E-state index contributed by atoms with van der Waals surface area (Å²) in [6.45, 7) is 1.95. The summed E-state index contributed by atoms with van der Waals surface area (Å²) in [5.74, 6) is -0.0244. The lowest BCUT2D eigenvalue weighted by atomic mass is 9.95. The van der Waals surface area contributed by atoms with E-state index in [1.807, 2.05) is 52.9 Å². The SMILES string of the molecule is CC1=C(C(=O)N(C)C)C(c2ccsc2)NC(=S)N1c1cccc(Br)c1. The molecular formula is C18H18BrN3OS2. The molecule has 0 saturated heterocycles. The van der Waals surface area contributed by atoms with Gasteiger partial charge in [-0.15, -0.1) is 0 Å². The molecule has 1 aromatic heterocycles. The van der Waals surface area contributed by atoms with Crippen molar-refractivity contribution in [3.05, 3.63) is 62.4 Å². The second-order valence-electron chi connectivity index (χ2n) is 5.95. The lowest BCUT2D eigenvalue weighted by Gasteiger charge is -2.38. The molecule has 4 nitrogen and oxygen atoms in total. The lowest BCUT2D eigenvalue weighted by Crippen LogP contribution is -2.49. The lowest BCUT2D eigenvalue weighted by molar-refractivity contribution is -0.125. The number of benzene rings is 1. The summed E-state index contributed by atoms with van der Waals surface area (Å²) >= 11 is 10.7. The van der Waals surface area contributed by atoms with E-state index in [0.29, 0.717) is 10.7 Å². The van der Waals surface area contributed by atoms with Gasteiger partial charge in [0.15, 0.2) is 5.11 Å². The number of thiophene rings is 1. The molecule has 0 saturated carbocycles. The molecular weight excluding hydrogens is 418 g/mol. The molecule has 1 aliphatic rings. The number of rotatable bonds is 3. The molecule has 1 N–H and O–H groups in total. The van der Waals surface area contributed by atoms with Gasteiger partial charge < -0.3 is 10.2 Å². The van der Waals surface area contributed by atoms with Gasteiger partial charge in [-0.3, -0.25) is 9.69 Å². The van der Waals surface area contributed by atoms with Gasteiger partial charge >= 0.3 is 0 Å². The zero-order chi connectivity index (χ0) is 18.1. The van der Waals surface area contributed by atoms with Crippen LogP contribution in [0.1, 0.15) is 18.5 Å². The minimum absolute atomic E-state index is 0.0244. The maximum atomic E-state index is 12.9. The number of carbonyl (C=O) groups excluding carboxylic acids is 1. The Hall–Kier alpha value is -1.70. The molecule has 0 bridgehead atoms. The highest BCUT2D eigenvalue weighted by molar-refractivity contribution is 9.10. The zero-order valence-corrected chi connectivity index (χ0v) is 17.3.